The van der Waals surface area contributed by atoms with Gasteiger partial charge in [0, 0.05) is 5.56 Å². The van der Waals surface area contributed by atoms with Gasteiger partial charge in [-0.3, -0.25) is 0 Å². The van der Waals surface area contributed by atoms with E-state index in [4.69, 9.17) is 16.7 Å². The normalized spacial score (nSPS) is 10.6. The first kappa shape index (κ1) is 11.6. The molecule has 0 fully saturated rings. The van der Waals surface area contributed by atoms with E-state index in [1.807, 2.05) is 0 Å². The van der Waals surface area contributed by atoms with E-state index in [0.717, 1.165) is 6.07 Å². The van der Waals surface area contributed by atoms with Crippen LogP contribution in [0.1, 0.15) is 22.3 Å². The molecule has 0 amide bonds. The molecule has 0 atom stereocenters. The molecule has 7 heteroatoms. The first-order valence-corrected chi connectivity index (χ1v) is 4.76. The average molecular weight is 333 g/mol. The number of carboxylic acids is 1. The lowest BCUT2D eigenvalue weighted by molar-refractivity contribution is 0.0682. The van der Waals surface area contributed by atoms with Gasteiger partial charge >= 0.3 is 5.97 Å². The highest BCUT2D eigenvalue weighted by Gasteiger charge is 2.22. The van der Waals surface area contributed by atoms with Crippen LogP contribution in [0.4, 0.5) is 8.78 Å². The molecule has 0 aliphatic heterocycles. The summed E-state index contributed by atoms with van der Waals surface area (Å²) >= 11 is 6.98. The molecule has 0 bridgehead atoms. The van der Waals surface area contributed by atoms with Crippen LogP contribution in [0.25, 0.3) is 0 Å². The highest BCUT2D eigenvalue weighted by molar-refractivity contribution is 14.1. The summed E-state index contributed by atoms with van der Waals surface area (Å²) in [6.07, 6.45) is -2.88. The number of hydrogen-bond acceptors (Lipinski definition) is 2. The minimum absolute atomic E-state index is 0.0436. The highest BCUT2D eigenvalue weighted by Crippen LogP contribution is 2.27. The van der Waals surface area contributed by atoms with Gasteiger partial charge in [-0.15, -0.1) is 0 Å². The van der Waals surface area contributed by atoms with Crippen molar-refractivity contribution in [1.29, 1.82) is 0 Å². The molecule has 0 radical (unpaired) electrons. The van der Waals surface area contributed by atoms with Crippen LogP contribution in [0.2, 0.25) is 5.15 Å². The Morgan fingerprint density at radius 3 is 2.64 bits per heavy atom. The molecule has 1 aromatic heterocycles. The molecule has 1 aromatic rings. The zero-order chi connectivity index (χ0) is 10.9. The smallest absolute Gasteiger partial charge is 0.338 e. The summed E-state index contributed by atoms with van der Waals surface area (Å²) in [6.45, 7) is 0. The summed E-state index contributed by atoms with van der Waals surface area (Å²) in [5, 5.41) is 8.52. The topological polar surface area (TPSA) is 50.2 Å². The van der Waals surface area contributed by atoms with Gasteiger partial charge in [0.15, 0.2) is 0 Å². The standard InChI is InChI=1S/C7H3ClF2INO2/c8-3-1-2(5(9)10)4(7(13)14)6(11)12-3/h1,5H,(H,13,14). The minimum Gasteiger partial charge on any atom is -0.478 e. The Morgan fingerprint density at radius 1 is 1.64 bits per heavy atom. The zero-order valence-corrected chi connectivity index (χ0v) is 9.38. The second kappa shape index (κ2) is 4.35. The van der Waals surface area contributed by atoms with Gasteiger partial charge in [0.2, 0.25) is 0 Å². The third-order valence-corrected chi connectivity index (χ3v) is 2.40. The Morgan fingerprint density at radius 2 is 2.21 bits per heavy atom. The van der Waals surface area contributed by atoms with Crippen molar-refractivity contribution < 1.29 is 18.7 Å². The lowest BCUT2D eigenvalue weighted by Crippen LogP contribution is -2.07. The van der Waals surface area contributed by atoms with E-state index >= 15 is 0 Å². The van der Waals surface area contributed by atoms with Crippen molar-refractivity contribution in [3.63, 3.8) is 0 Å². The van der Waals surface area contributed by atoms with Crippen molar-refractivity contribution in [2.45, 2.75) is 6.43 Å². The molecule has 0 unspecified atom stereocenters. The Balaban J connectivity index is 3.44. The second-order valence-electron chi connectivity index (χ2n) is 2.31. The maximum Gasteiger partial charge on any atom is 0.338 e. The van der Waals surface area contributed by atoms with Crippen molar-refractivity contribution in [3.05, 3.63) is 26.0 Å². The van der Waals surface area contributed by atoms with E-state index in [9.17, 15) is 13.6 Å². The summed E-state index contributed by atoms with van der Waals surface area (Å²) < 4.78 is 24.7. The van der Waals surface area contributed by atoms with E-state index < -0.39 is 23.5 Å². The van der Waals surface area contributed by atoms with Crippen molar-refractivity contribution in [2.75, 3.05) is 0 Å². The first-order valence-electron chi connectivity index (χ1n) is 3.31. The van der Waals surface area contributed by atoms with Crippen LogP contribution >= 0.6 is 34.2 Å². The molecular formula is C7H3ClF2INO2. The van der Waals surface area contributed by atoms with E-state index in [2.05, 4.69) is 4.98 Å². The number of carboxylic acid groups (broad SMARTS) is 1. The van der Waals surface area contributed by atoms with Crippen molar-refractivity contribution >= 4 is 40.2 Å². The number of pyridine rings is 1. The van der Waals surface area contributed by atoms with Gasteiger partial charge in [0.25, 0.3) is 6.43 Å². The number of nitrogens with zero attached hydrogens (tertiary/aromatic N) is 1. The van der Waals surface area contributed by atoms with Crippen LogP contribution in [0.3, 0.4) is 0 Å². The molecule has 0 aromatic carbocycles. The fourth-order valence-corrected chi connectivity index (χ4v) is 2.03. The summed E-state index contributed by atoms with van der Waals surface area (Å²) in [5.41, 5.74) is -1.10. The second-order valence-corrected chi connectivity index (χ2v) is 3.71. The summed E-state index contributed by atoms with van der Waals surface area (Å²) in [6, 6.07) is 0.859. The summed E-state index contributed by atoms with van der Waals surface area (Å²) in [4.78, 5) is 14.2. The fraction of sp³-hybridized carbons (Fsp3) is 0.143. The monoisotopic (exact) mass is 333 g/mol. The number of halogens is 4. The molecule has 0 aliphatic rings. The number of carbonyl (C=O) groups is 1. The van der Waals surface area contributed by atoms with E-state index in [0.29, 0.717) is 0 Å². The van der Waals surface area contributed by atoms with Crippen molar-refractivity contribution in [1.82, 2.24) is 4.98 Å². The molecule has 1 N–H and O–H groups in total. The van der Waals surface area contributed by atoms with Gasteiger partial charge in [0.05, 0.1) is 0 Å². The maximum absolute atomic E-state index is 12.4. The predicted molar refractivity (Wildman–Crippen MR) is 53.9 cm³/mol. The zero-order valence-electron chi connectivity index (χ0n) is 6.47. The van der Waals surface area contributed by atoms with Crippen molar-refractivity contribution in [3.8, 4) is 0 Å². The Hall–Kier alpha value is -0.500. The molecule has 1 rings (SSSR count). The van der Waals surface area contributed by atoms with E-state index in [1.165, 1.54) is 0 Å². The molecule has 1 heterocycles. The van der Waals surface area contributed by atoms with Crippen molar-refractivity contribution in [2.24, 2.45) is 0 Å². The number of aromatic carboxylic acids is 1. The van der Waals surface area contributed by atoms with Crippen LogP contribution < -0.4 is 0 Å². The molecule has 0 spiro atoms. The molecule has 0 saturated carbocycles. The predicted octanol–water partition coefficient (Wildman–Crippen LogP) is 2.98. The van der Waals surface area contributed by atoms with Crippen LogP contribution in [0.5, 0.6) is 0 Å². The number of aromatic nitrogens is 1. The molecule has 14 heavy (non-hydrogen) atoms. The molecule has 3 nitrogen and oxygen atoms in total. The lowest BCUT2D eigenvalue weighted by Gasteiger charge is -2.06. The summed E-state index contributed by atoms with van der Waals surface area (Å²) in [7, 11) is 0. The van der Waals surface area contributed by atoms with E-state index in [-0.39, 0.29) is 8.85 Å². The maximum atomic E-state index is 12.4. The van der Waals surface area contributed by atoms with Gasteiger partial charge in [-0.2, -0.15) is 0 Å². The molecular weight excluding hydrogens is 330 g/mol. The average Bonchev–Trinajstić information content (AvgIpc) is 2.01. The Kier molecular flexibility index (Phi) is 3.59. The Bertz CT molecular complexity index is 386. The third-order valence-electron chi connectivity index (χ3n) is 1.42. The Labute approximate surface area is 96.2 Å². The number of alkyl halides is 2. The van der Waals surface area contributed by atoms with Gasteiger partial charge < -0.3 is 5.11 Å². The van der Waals surface area contributed by atoms with Crippen LogP contribution in [-0.2, 0) is 0 Å². The molecule has 0 aliphatic carbocycles. The highest BCUT2D eigenvalue weighted by atomic mass is 127. The fourth-order valence-electron chi connectivity index (χ4n) is 0.885. The van der Waals surface area contributed by atoms with Crippen LogP contribution in [0, 0.1) is 3.70 Å². The first-order chi connectivity index (χ1) is 6.43. The largest absolute Gasteiger partial charge is 0.478 e. The quantitative estimate of drug-likeness (QED) is 0.669. The van der Waals surface area contributed by atoms with Gasteiger partial charge in [-0.1, -0.05) is 11.6 Å². The third kappa shape index (κ3) is 2.30. The van der Waals surface area contributed by atoms with Crippen LogP contribution in [0.15, 0.2) is 6.07 Å². The lowest BCUT2D eigenvalue weighted by atomic mass is 10.1. The molecule has 76 valence electrons. The SMILES string of the molecule is O=C(O)c1c(C(F)F)cc(Cl)nc1I. The minimum atomic E-state index is -2.88. The summed E-state index contributed by atoms with van der Waals surface area (Å²) in [5.74, 6) is -1.44. The van der Waals surface area contributed by atoms with Gasteiger partial charge in [-0.05, 0) is 28.7 Å². The number of rotatable bonds is 2. The molecule has 0 saturated heterocycles. The van der Waals surface area contributed by atoms with Crippen LogP contribution in [-0.4, -0.2) is 16.1 Å². The van der Waals surface area contributed by atoms with Gasteiger partial charge in [-0.25, -0.2) is 18.6 Å². The van der Waals surface area contributed by atoms with Gasteiger partial charge in [0.1, 0.15) is 14.4 Å². The number of hydrogen-bond donors (Lipinski definition) is 1. The van der Waals surface area contributed by atoms with E-state index in [1.54, 1.807) is 22.6 Å².